The fraction of sp³-hybridized carbons (Fsp3) is 0.412. The maximum Gasteiger partial charge on any atom is 0.223 e. The molecule has 1 fully saturated rings. The SMILES string of the molecule is Cl.NC[C@H]1CCC[C@H]1C(=O)NCc1ccccc1-n1cccn1. The van der Waals surface area contributed by atoms with E-state index < -0.39 is 0 Å². The zero-order valence-electron chi connectivity index (χ0n) is 13.0. The van der Waals surface area contributed by atoms with Gasteiger partial charge in [0.25, 0.3) is 0 Å². The van der Waals surface area contributed by atoms with Gasteiger partial charge < -0.3 is 11.1 Å². The van der Waals surface area contributed by atoms with Gasteiger partial charge in [0.15, 0.2) is 0 Å². The molecule has 124 valence electrons. The van der Waals surface area contributed by atoms with Gasteiger partial charge in [-0.1, -0.05) is 24.6 Å². The zero-order chi connectivity index (χ0) is 15.4. The van der Waals surface area contributed by atoms with Crippen LogP contribution in [0, 0.1) is 11.8 Å². The number of benzene rings is 1. The van der Waals surface area contributed by atoms with E-state index in [-0.39, 0.29) is 24.2 Å². The Balaban J connectivity index is 0.00000192. The third kappa shape index (κ3) is 3.92. The van der Waals surface area contributed by atoms with Gasteiger partial charge in [0, 0.05) is 24.9 Å². The largest absolute Gasteiger partial charge is 0.352 e. The van der Waals surface area contributed by atoms with Gasteiger partial charge >= 0.3 is 0 Å². The number of aromatic nitrogens is 2. The van der Waals surface area contributed by atoms with Crippen molar-refractivity contribution in [3.63, 3.8) is 0 Å². The van der Waals surface area contributed by atoms with Crippen molar-refractivity contribution in [2.24, 2.45) is 17.6 Å². The highest BCUT2D eigenvalue weighted by molar-refractivity contribution is 5.85. The molecule has 1 heterocycles. The van der Waals surface area contributed by atoms with E-state index in [1.165, 1.54) is 0 Å². The molecule has 2 atom stereocenters. The van der Waals surface area contributed by atoms with Gasteiger partial charge in [0.2, 0.25) is 5.91 Å². The van der Waals surface area contributed by atoms with Crippen molar-refractivity contribution < 1.29 is 4.79 Å². The molecule has 1 aliphatic carbocycles. The normalized spacial score (nSPS) is 20.0. The number of amides is 1. The van der Waals surface area contributed by atoms with Crippen LogP contribution in [0.3, 0.4) is 0 Å². The Hall–Kier alpha value is -1.85. The number of rotatable bonds is 5. The third-order valence-electron chi connectivity index (χ3n) is 4.49. The number of carbonyl (C=O) groups excluding carboxylic acids is 1. The molecule has 0 bridgehead atoms. The first-order chi connectivity index (χ1) is 10.8. The molecule has 1 aromatic carbocycles. The predicted molar refractivity (Wildman–Crippen MR) is 92.5 cm³/mol. The van der Waals surface area contributed by atoms with Crippen molar-refractivity contribution in [1.82, 2.24) is 15.1 Å². The van der Waals surface area contributed by atoms with E-state index in [0.717, 1.165) is 30.5 Å². The highest BCUT2D eigenvalue weighted by atomic mass is 35.5. The van der Waals surface area contributed by atoms with Gasteiger partial charge in [0.05, 0.1) is 5.69 Å². The number of halogens is 1. The molecular formula is C17H23ClN4O. The number of carbonyl (C=O) groups is 1. The summed E-state index contributed by atoms with van der Waals surface area (Å²) >= 11 is 0. The lowest BCUT2D eigenvalue weighted by molar-refractivity contribution is -0.126. The standard InChI is InChI=1S/C17H22N4O.ClH/c18-11-13-6-3-7-15(13)17(22)19-12-14-5-1-2-8-16(14)21-10-4-9-20-21;/h1-2,4-5,8-10,13,15H,3,6-7,11-12,18H2,(H,19,22);1H/t13-,15-;/m1./s1. The van der Waals surface area contributed by atoms with E-state index in [4.69, 9.17) is 5.73 Å². The molecule has 2 aromatic rings. The Morgan fingerprint density at radius 3 is 2.87 bits per heavy atom. The van der Waals surface area contributed by atoms with E-state index in [0.29, 0.717) is 19.0 Å². The maximum absolute atomic E-state index is 12.4. The highest BCUT2D eigenvalue weighted by Gasteiger charge is 2.31. The first kappa shape index (κ1) is 17.5. The van der Waals surface area contributed by atoms with Crippen molar-refractivity contribution >= 4 is 18.3 Å². The van der Waals surface area contributed by atoms with Crippen LogP contribution in [-0.4, -0.2) is 22.2 Å². The fourth-order valence-corrected chi connectivity index (χ4v) is 3.27. The van der Waals surface area contributed by atoms with E-state index in [1.54, 1.807) is 6.20 Å². The van der Waals surface area contributed by atoms with E-state index in [9.17, 15) is 4.79 Å². The number of para-hydroxylation sites is 1. The minimum Gasteiger partial charge on any atom is -0.352 e. The Morgan fingerprint density at radius 2 is 2.13 bits per heavy atom. The lowest BCUT2D eigenvalue weighted by Gasteiger charge is -2.18. The quantitative estimate of drug-likeness (QED) is 0.881. The number of hydrogen-bond donors (Lipinski definition) is 2. The van der Waals surface area contributed by atoms with Gasteiger partial charge in [-0.15, -0.1) is 12.4 Å². The van der Waals surface area contributed by atoms with Gasteiger partial charge in [0.1, 0.15) is 0 Å². The Morgan fingerprint density at radius 1 is 1.30 bits per heavy atom. The number of nitrogens with two attached hydrogens (primary N) is 1. The minimum absolute atomic E-state index is 0. The molecule has 23 heavy (non-hydrogen) atoms. The summed E-state index contributed by atoms with van der Waals surface area (Å²) in [5, 5.41) is 7.34. The molecular weight excluding hydrogens is 312 g/mol. The highest BCUT2D eigenvalue weighted by Crippen LogP contribution is 2.31. The Bertz CT molecular complexity index is 629. The van der Waals surface area contributed by atoms with Crippen LogP contribution in [0.25, 0.3) is 5.69 Å². The first-order valence-corrected chi connectivity index (χ1v) is 7.85. The predicted octanol–water partition coefficient (Wildman–Crippen LogP) is 2.29. The second-order valence-electron chi connectivity index (χ2n) is 5.83. The molecule has 0 aliphatic heterocycles. The molecule has 1 aromatic heterocycles. The molecule has 6 heteroatoms. The van der Waals surface area contributed by atoms with Crippen LogP contribution >= 0.6 is 12.4 Å². The van der Waals surface area contributed by atoms with Crippen molar-refractivity contribution in [1.29, 1.82) is 0 Å². The zero-order valence-corrected chi connectivity index (χ0v) is 13.8. The monoisotopic (exact) mass is 334 g/mol. The third-order valence-corrected chi connectivity index (χ3v) is 4.49. The van der Waals surface area contributed by atoms with Crippen molar-refractivity contribution in [3.05, 3.63) is 48.3 Å². The van der Waals surface area contributed by atoms with Crippen molar-refractivity contribution in [3.8, 4) is 5.69 Å². The van der Waals surface area contributed by atoms with Crippen LogP contribution in [0.4, 0.5) is 0 Å². The van der Waals surface area contributed by atoms with E-state index in [1.807, 2.05) is 41.2 Å². The van der Waals surface area contributed by atoms with Crippen LogP contribution in [0.15, 0.2) is 42.7 Å². The summed E-state index contributed by atoms with van der Waals surface area (Å²) in [6.45, 7) is 1.12. The summed E-state index contributed by atoms with van der Waals surface area (Å²) in [5.74, 6) is 0.534. The molecule has 5 nitrogen and oxygen atoms in total. The molecule has 1 saturated carbocycles. The van der Waals surface area contributed by atoms with Crippen LogP contribution in [0.1, 0.15) is 24.8 Å². The smallest absolute Gasteiger partial charge is 0.223 e. The summed E-state index contributed by atoms with van der Waals surface area (Å²) in [7, 11) is 0. The second kappa shape index (κ2) is 8.13. The summed E-state index contributed by atoms with van der Waals surface area (Å²) < 4.78 is 1.82. The Kier molecular flexibility index (Phi) is 6.19. The van der Waals surface area contributed by atoms with Crippen LogP contribution < -0.4 is 11.1 Å². The van der Waals surface area contributed by atoms with Gasteiger partial charge in [-0.3, -0.25) is 4.79 Å². The minimum atomic E-state index is 0. The average Bonchev–Trinajstić information content (AvgIpc) is 3.23. The number of hydrogen-bond acceptors (Lipinski definition) is 3. The first-order valence-electron chi connectivity index (χ1n) is 7.85. The van der Waals surface area contributed by atoms with Crippen LogP contribution in [0.2, 0.25) is 0 Å². The lowest BCUT2D eigenvalue weighted by Crippen LogP contribution is -2.34. The van der Waals surface area contributed by atoms with Crippen LogP contribution in [-0.2, 0) is 11.3 Å². The topological polar surface area (TPSA) is 72.9 Å². The number of nitrogens with one attached hydrogen (secondary N) is 1. The summed E-state index contributed by atoms with van der Waals surface area (Å²) in [5.41, 5.74) is 7.82. The lowest BCUT2D eigenvalue weighted by atomic mass is 9.95. The van der Waals surface area contributed by atoms with Gasteiger partial charge in [-0.25, -0.2) is 4.68 Å². The summed E-state index contributed by atoms with van der Waals surface area (Å²) in [4.78, 5) is 12.4. The summed E-state index contributed by atoms with van der Waals surface area (Å²) in [6.07, 6.45) is 6.78. The second-order valence-corrected chi connectivity index (χ2v) is 5.83. The molecule has 0 saturated heterocycles. The van der Waals surface area contributed by atoms with Gasteiger partial charge in [-0.05, 0) is 43.0 Å². The van der Waals surface area contributed by atoms with Crippen molar-refractivity contribution in [2.45, 2.75) is 25.8 Å². The molecule has 3 rings (SSSR count). The molecule has 0 spiro atoms. The summed E-state index contributed by atoms with van der Waals surface area (Å²) in [6, 6.07) is 9.87. The molecule has 3 N–H and O–H groups in total. The molecule has 0 radical (unpaired) electrons. The average molecular weight is 335 g/mol. The molecule has 1 aliphatic rings. The maximum atomic E-state index is 12.4. The van der Waals surface area contributed by atoms with Crippen LogP contribution in [0.5, 0.6) is 0 Å². The van der Waals surface area contributed by atoms with E-state index in [2.05, 4.69) is 10.4 Å². The fourth-order valence-electron chi connectivity index (χ4n) is 3.27. The molecule has 0 unspecified atom stereocenters. The van der Waals surface area contributed by atoms with E-state index >= 15 is 0 Å². The van der Waals surface area contributed by atoms with Gasteiger partial charge in [-0.2, -0.15) is 5.10 Å². The van der Waals surface area contributed by atoms with Crippen molar-refractivity contribution in [2.75, 3.05) is 6.54 Å². The number of nitrogens with zero attached hydrogens (tertiary/aromatic N) is 2. The Labute approximate surface area is 142 Å². The molecule has 1 amide bonds.